The smallest absolute Gasteiger partial charge is 0.225 e. The van der Waals surface area contributed by atoms with Gasteiger partial charge in [0.2, 0.25) is 5.91 Å². The van der Waals surface area contributed by atoms with Crippen molar-refractivity contribution < 1.29 is 14.0 Å². The minimum atomic E-state index is -0.993. The minimum Gasteiger partial charge on any atom is -0.342 e. The second-order valence-corrected chi connectivity index (χ2v) is 8.53. The first-order valence-corrected chi connectivity index (χ1v) is 10.2. The van der Waals surface area contributed by atoms with E-state index in [0.717, 1.165) is 64.7 Å². The van der Waals surface area contributed by atoms with E-state index in [1.165, 1.54) is 0 Å². The first kappa shape index (κ1) is 18.8. The molecule has 0 aromatic rings. The predicted molar refractivity (Wildman–Crippen MR) is 96.0 cm³/mol. The van der Waals surface area contributed by atoms with Gasteiger partial charge in [0, 0.05) is 24.9 Å². The summed E-state index contributed by atoms with van der Waals surface area (Å²) in [7, 11) is 0. The van der Waals surface area contributed by atoms with Gasteiger partial charge in [0.05, 0.1) is 0 Å². The summed E-state index contributed by atoms with van der Waals surface area (Å²) in [5.41, 5.74) is -0.993. The number of likely N-dealkylation sites (tertiary alicyclic amines) is 1. The maximum absolute atomic E-state index is 14.9. The number of nitrogens with zero attached hydrogens (tertiary/aromatic N) is 1. The van der Waals surface area contributed by atoms with Gasteiger partial charge in [-0.25, -0.2) is 4.39 Å². The van der Waals surface area contributed by atoms with Crippen molar-refractivity contribution in [2.75, 3.05) is 26.2 Å². The van der Waals surface area contributed by atoms with Gasteiger partial charge in [-0.05, 0) is 83.7 Å². The molecule has 1 saturated carbocycles. The van der Waals surface area contributed by atoms with Gasteiger partial charge in [0.1, 0.15) is 11.5 Å². The molecule has 25 heavy (non-hydrogen) atoms. The Labute approximate surface area is 150 Å². The van der Waals surface area contributed by atoms with E-state index >= 15 is 0 Å². The van der Waals surface area contributed by atoms with Gasteiger partial charge in [0.15, 0.2) is 0 Å². The Balaban J connectivity index is 1.43. The molecule has 142 valence electrons. The molecule has 2 heterocycles. The molecule has 0 atom stereocenters. The number of hydrogen-bond acceptors (Lipinski definition) is 3. The standard InChI is InChI=1S/C20H33FN2O2/c1-15(24)17-2-4-18(5-3-17)19(25)23-12-6-16(7-13-23)14-20(21)8-10-22-11-9-20/h16-18,22H,2-14H2,1H3. The average Bonchev–Trinajstić information content (AvgIpc) is 2.62. The molecule has 5 heteroatoms. The number of carbonyl (C=O) groups is 2. The zero-order valence-corrected chi connectivity index (χ0v) is 15.6. The first-order valence-electron chi connectivity index (χ1n) is 10.2. The zero-order chi connectivity index (χ0) is 17.9. The number of alkyl halides is 1. The quantitative estimate of drug-likeness (QED) is 0.846. The molecule has 0 aromatic heterocycles. The van der Waals surface area contributed by atoms with Crippen molar-refractivity contribution in [3.8, 4) is 0 Å². The highest BCUT2D eigenvalue weighted by molar-refractivity contribution is 5.81. The summed E-state index contributed by atoms with van der Waals surface area (Å²) in [4.78, 5) is 26.2. The number of piperidine rings is 2. The van der Waals surface area contributed by atoms with Crippen LogP contribution in [-0.4, -0.2) is 48.4 Å². The van der Waals surface area contributed by atoms with E-state index in [9.17, 15) is 14.0 Å². The zero-order valence-electron chi connectivity index (χ0n) is 15.6. The Morgan fingerprint density at radius 3 is 2.12 bits per heavy atom. The summed E-state index contributed by atoms with van der Waals surface area (Å²) in [5, 5.41) is 3.23. The normalized spacial score (nSPS) is 30.9. The summed E-state index contributed by atoms with van der Waals surface area (Å²) in [6, 6.07) is 0. The van der Waals surface area contributed by atoms with E-state index in [1.807, 2.05) is 4.90 Å². The molecule has 0 spiro atoms. The van der Waals surface area contributed by atoms with Crippen LogP contribution in [0.3, 0.4) is 0 Å². The van der Waals surface area contributed by atoms with Crippen LogP contribution in [0.2, 0.25) is 0 Å². The number of amides is 1. The fourth-order valence-electron chi connectivity index (χ4n) is 4.96. The number of halogens is 1. The average molecular weight is 352 g/mol. The van der Waals surface area contributed by atoms with Gasteiger partial charge < -0.3 is 10.2 Å². The molecule has 0 radical (unpaired) electrons. The van der Waals surface area contributed by atoms with Gasteiger partial charge in [-0.15, -0.1) is 0 Å². The Morgan fingerprint density at radius 2 is 1.56 bits per heavy atom. The third kappa shape index (κ3) is 4.81. The number of hydrogen-bond donors (Lipinski definition) is 1. The van der Waals surface area contributed by atoms with E-state index in [0.29, 0.717) is 25.2 Å². The Morgan fingerprint density at radius 1 is 1.00 bits per heavy atom. The van der Waals surface area contributed by atoms with Gasteiger partial charge in [0.25, 0.3) is 0 Å². The van der Waals surface area contributed by atoms with Crippen LogP contribution in [0.5, 0.6) is 0 Å². The lowest BCUT2D eigenvalue weighted by Crippen LogP contribution is -2.45. The summed E-state index contributed by atoms with van der Waals surface area (Å²) in [5.74, 6) is 1.23. The molecule has 0 unspecified atom stereocenters. The Kier molecular flexibility index (Phi) is 6.13. The highest BCUT2D eigenvalue weighted by Crippen LogP contribution is 2.36. The monoisotopic (exact) mass is 352 g/mol. The number of carbonyl (C=O) groups excluding carboxylic acids is 2. The molecule has 2 aliphatic heterocycles. The second kappa shape index (κ2) is 8.15. The van der Waals surface area contributed by atoms with E-state index < -0.39 is 5.67 Å². The van der Waals surface area contributed by atoms with Crippen LogP contribution in [-0.2, 0) is 9.59 Å². The largest absolute Gasteiger partial charge is 0.342 e. The third-order valence-electron chi connectivity index (χ3n) is 6.73. The van der Waals surface area contributed by atoms with Crippen molar-refractivity contribution in [3.05, 3.63) is 0 Å². The predicted octanol–water partition coefficient (Wildman–Crippen LogP) is 3.10. The molecule has 1 aliphatic carbocycles. The van der Waals surface area contributed by atoms with Gasteiger partial charge in [-0.2, -0.15) is 0 Å². The van der Waals surface area contributed by atoms with Gasteiger partial charge >= 0.3 is 0 Å². The highest BCUT2D eigenvalue weighted by Gasteiger charge is 2.37. The summed E-state index contributed by atoms with van der Waals surface area (Å²) >= 11 is 0. The SMILES string of the molecule is CC(=O)C1CCC(C(=O)N2CCC(CC3(F)CCNCC3)CC2)CC1. The topological polar surface area (TPSA) is 49.4 Å². The number of nitrogens with one attached hydrogen (secondary N) is 1. The van der Waals surface area contributed by atoms with Crippen LogP contribution >= 0.6 is 0 Å². The van der Waals surface area contributed by atoms with Crippen LogP contribution in [0.25, 0.3) is 0 Å². The molecule has 1 N–H and O–H groups in total. The van der Waals surface area contributed by atoms with Crippen molar-refractivity contribution in [2.24, 2.45) is 17.8 Å². The highest BCUT2D eigenvalue weighted by atomic mass is 19.1. The second-order valence-electron chi connectivity index (χ2n) is 8.53. The van der Waals surface area contributed by atoms with Crippen molar-refractivity contribution in [2.45, 2.75) is 70.4 Å². The number of Topliss-reactive ketones (excluding diaryl/α,β-unsaturated/α-hetero) is 1. The van der Waals surface area contributed by atoms with Gasteiger partial charge in [-0.3, -0.25) is 9.59 Å². The van der Waals surface area contributed by atoms with E-state index in [1.54, 1.807) is 6.92 Å². The van der Waals surface area contributed by atoms with Crippen LogP contribution < -0.4 is 5.32 Å². The maximum Gasteiger partial charge on any atom is 0.225 e. The number of rotatable bonds is 4. The molecule has 0 aromatic carbocycles. The van der Waals surface area contributed by atoms with Gasteiger partial charge in [-0.1, -0.05) is 0 Å². The fourth-order valence-corrected chi connectivity index (χ4v) is 4.96. The molecular weight excluding hydrogens is 319 g/mol. The molecule has 2 saturated heterocycles. The Bertz CT molecular complexity index is 474. The number of ketones is 1. The lowest BCUT2D eigenvalue weighted by atomic mass is 9.78. The maximum atomic E-state index is 14.9. The Hall–Kier alpha value is -0.970. The summed E-state index contributed by atoms with van der Waals surface area (Å²) in [6.07, 6.45) is 7.23. The van der Waals surface area contributed by atoms with Crippen LogP contribution in [0.15, 0.2) is 0 Å². The molecule has 3 rings (SSSR count). The fraction of sp³-hybridized carbons (Fsp3) is 0.900. The first-order chi connectivity index (χ1) is 12.0. The van der Waals surface area contributed by atoms with Crippen molar-refractivity contribution in [1.82, 2.24) is 10.2 Å². The lowest BCUT2D eigenvalue weighted by Gasteiger charge is -2.39. The van der Waals surface area contributed by atoms with E-state index in [2.05, 4.69) is 5.32 Å². The molecular formula is C20H33FN2O2. The lowest BCUT2D eigenvalue weighted by molar-refractivity contribution is -0.139. The summed E-state index contributed by atoms with van der Waals surface area (Å²) in [6.45, 7) is 4.81. The molecule has 1 amide bonds. The molecule has 4 nitrogen and oxygen atoms in total. The summed E-state index contributed by atoms with van der Waals surface area (Å²) < 4.78 is 14.9. The van der Waals surface area contributed by atoms with Crippen LogP contribution in [0.1, 0.15) is 64.7 Å². The van der Waals surface area contributed by atoms with Crippen molar-refractivity contribution >= 4 is 11.7 Å². The molecule has 0 bridgehead atoms. The van der Waals surface area contributed by atoms with Crippen LogP contribution in [0.4, 0.5) is 4.39 Å². The molecule has 3 fully saturated rings. The van der Waals surface area contributed by atoms with Crippen molar-refractivity contribution in [3.63, 3.8) is 0 Å². The van der Waals surface area contributed by atoms with E-state index in [-0.39, 0.29) is 23.5 Å². The third-order valence-corrected chi connectivity index (χ3v) is 6.73. The molecule has 3 aliphatic rings. The van der Waals surface area contributed by atoms with E-state index in [4.69, 9.17) is 0 Å². The van der Waals surface area contributed by atoms with Crippen LogP contribution in [0, 0.1) is 17.8 Å². The van der Waals surface area contributed by atoms with Crippen molar-refractivity contribution in [1.29, 1.82) is 0 Å². The minimum absolute atomic E-state index is 0.101.